The number of nitrogens with zero attached hydrogens (tertiary/aromatic N) is 2. The Morgan fingerprint density at radius 3 is 2.64 bits per heavy atom. The van der Waals surface area contributed by atoms with E-state index in [0.717, 1.165) is 31.9 Å². The number of piperidine rings is 1. The minimum absolute atomic E-state index is 0.0550. The number of piperazine rings is 1. The van der Waals surface area contributed by atoms with E-state index in [1.807, 2.05) is 6.07 Å². The number of hydroxylamine groups is 3. The lowest BCUT2D eigenvalue weighted by molar-refractivity contribution is -0.825. The maximum atomic E-state index is 13.4. The Balaban J connectivity index is 1.68. The SMILES string of the molecule is O=C1CCC([N+]2([O-])Cc3c(cccc3N3CCNCC3)C2=O)C(=O)N1. The minimum atomic E-state index is -1.22. The van der Waals surface area contributed by atoms with Crippen LogP contribution in [0.5, 0.6) is 0 Å². The molecule has 2 fully saturated rings. The molecule has 3 heterocycles. The van der Waals surface area contributed by atoms with Crippen LogP contribution in [-0.4, -0.2) is 54.6 Å². The van der Waals surface area contributed by atoms with Crippen LogP contribution in [0.15, 0.2) is 18.2 Å². The van der Waals surface area contributed by atoms with E-state index in [0.29, 0.717) is 11.1 Å². The van der Waals surface area contributed by atoms with Gasteiger partial charge in [-0.3, -0.25) is 19.6 Å². The number of carbonyl (C=O) groups is 3. The summed E-state index contributed by atoms with van der Waals surface area (Å²) in [6.45, 7) is 3.26. The van der Waals surface area contributed by atoms with Gasteiger partial charge in [0.2, 0.25) is 5.91 Å². The van der Waals surface area contributed by atoms with E-state index >= 15 is 0 Å². The summed E-state index contributed by atoms with van der Waals surface area (Å²) in [5.74, 6) is -1.61. The summed E-state index contributed by atoms with van der Waals surface area (Å²) in [7, 11) is 0. The van der Waals surface area contributed by atoms with Gasteiger partial charge in [-0.15, -0.1) is 0 Å². The summed E-state index contributed by atoms with van der Waals surface area (Å²) >= 11 is 0. The highest BCUT2D eigenvalue weighted by molar-refractivity contribution is 6.02. The number of carbonyl (C=O) groups excluding carboxylic acids is 3. The zero-order valence-electron chi connectivity index (χ0n) is 13.8. The van der Waals surface area contributed by atoms with Crippen LogP contribution in [0, 0.1) is 5.21 Å². The highest BCUT2D eigenvalue weighted by Gasteiger charge is 2.50. The van der Waals surface area contributed by atoms with Gasteiger partial charge in [-0.05, 0) is 12.1 Å². The fourth-order valence-corrected chi connectivity index (χ4v) is 3.99. The Kier molecular flexibility index (Phi) is 3.82. The molecular weight excluding hydrogens is 324 g/mol. The number of benzene rings is 1. The molecule has 3 aliphatic heterocycles. The molecule has 2 saturated heterocycles. The van der Waals surface area contributed by atoms with Gasteiger partial charge >= 0.3 is 5.91 Å². The normalized spacial score (nSPS) is 29.6. The van der Waals surface area contributed by atoms with Crippen LogP contribution in [0.1, 0.15) is 28.8 Å². The van der Waals surface area contributed by atoms with Gasteiger partial charge in [0.1, 0.15) is 6.54 Å². The predicted octanol–water partition coefficient (Wildman–Crippen LogP) is -0.130. The Morgan fingerprint density at radius 2 is 1.92 bits per heavy atom. The fraction of sp³-hybridized carbons (Fsp3) is 0.471. The van der Waals surface area contributed by atoms with Crippen LogP contribution >= 0.6 is 0 Å². The van der Waals surface area contributed by atoms with Crippen molar-refractivity contribution in [3.05, 3.63) is 34.5 Å². The monoisotopic (exact) mass is 344 g/mol. The lowest BCUT2D eigenvalue weighted by Gasteiger charge is -2.42. The number of rotatable bonds is 2. The van der Waals surface area contributed by atoms with E-state index in [4.69, 9.17) is 0 Å². The molecule has 1 aromatic carbocycles. The highest BCUT2D eigenvalue weighted by Crippen LogP contribution is 2.39. The number of anilines is 1. The van der Waals surface area contributed by atoms with Crippen LogP contribution in [0.3, 0.4) is 0 Å². The van der Waals surface area contributed by atoms with Gasteiger partial charge in [-0.25, -0.2) is 4.79 Å². The first-order chi connectivity index (χ1) is 12.0. The van der Waals surface area contributed by atoms with E-state index in [-0.39, 0.29) is 19.4 Å². The molecule has 0 aromatic heterocycles. The minimum Gasteiger partial charge on any atom is -0.624 e. The second-order valence-electron chi connectivity index (χ2n) is 6.77. The van der Waals surface area contributed by atoms with Crippen molar-refractivity contribution in [2.45, 2.75) is 25.4 Å². The topological polar surface area (TPSA) is 102 Å². The number of imide groups is 1. The maximum Gasteiger partial charge on any atom is 0.347 e. The lowest BCUT2D eigenvalue weighted by Crippen LogP contribution is -2.60. The molecule has 2 unspecified atom stereocenters. The molecule has 4 rings (SSSR count). The van der Waals surface area contributed by atoms with Crippen LogP contribution < -0.4 is 15.5 Å². The summed E-state index contributed by atoms with van der Waals surface area (Å²) in [5, 5.41) is 18.9. The summed E-state index contributed by atoms with van der Waals surface area (Å²) in [4.78, 5) is 38.5. The number of hydrogen-bond acceptors (Lipinski definition) is 6. The van der Waals surface area contributed by atoms with E-state index in [1.54, 1.807) is 12.1 Å². The number of nitrogens with one attached hydrogen (secondary N) is 2. The molecule has 8 nitrogen and oxygen atoms in total. The van der Waals surface area contributed by atoms with Crippen molar-refractivity contribution in [3.63, 3.8) is 0 Å². The molecule has 0 aliphatic carbocycles. The molecule has 0 bridgehead atoms. The van der Waals surface area contributed by atoms with Crippen LogP contribution in [0.25, 0.3) is 0 Å². The first kappa shape index (κ1) is 16.2. The van der Waals surface area contributed by atoms with E-state index in [1.165, 1.54) is 0 Å². The average Bonchev–Trinajstić information content (AvgIpc) is 2.87. The van der Waals surface area contributed by atoms with Gasteiger partial charge in [-0.2, -0.15) is 0 Å². The van der Waals surface area contributed by atoms with Crippen molar-refractivity contribution in [1.29, 1.82) is 0 Å². The zero-order chi connectivity index (χ0) is 17.6. The van der Waals surface area contributed by atoms with Crippen LogP contribution in [0.2, 0.25) is 0 Å². The summed E-state index contributed by atoms with van der Waals surface area (Å²) in [6.07, 6.45) is 0.198. The first-order valence-electron chi connectivity index (χ1n) is 8.55. The third-order valence-corrected chi connectivity index (χ3v) is 5.29. The molecule has 1 aromatic rings. The molecule has 2 N–H and O–H groups in total. The van der Waals surface area contributed by atoms with Crippen LogP contribution in [-0.2, 0) is 16.1 Å². The number of amides is 3. The molecule has 8 heteroatoms. The highest BCUT2D eigenvalue weighted by atomic mass is 16.6. The Labute approximate surface area is 144 Å². The summed E-state index contributed by atoms with van der Waals surface area (Å²) in [5.41, 5.74) is 2.01. The number of fused-ring (bicyclic) bond motifs is 1. The molecule has 0 spiro atoms. The van der Waals surface area contributed by atoms with Crippen molar-refractivity contribution in [2.75, 3.05) is 31.1 Å². The van der Waals surface area contributed by atoms with Crippen molar-refractivity contribution in [2.24, 2.45) is 0 Å². The van der Waals surface area contributed by atoms with E-state index in [9.17, 15) is 19.6 Å². The zero-order valence-corrected chi connectivity index (χ0v) is 13.8. The predicted molar refractivity (Wildman–Crippen MR) is 89.4 cm³/mol. The summed E-state index contributed by atoms with van der Waals surface area (Å²) in [6, 6.07) is 4.31. The van der Waals surface area contributed by atoms with Gasteiger partial charge in [-0.1, -0.05) is 6.07 Å². The van der Waals surface area contributed by atoms with Crippen LogP contribution in [0.4, 0.5) is 5.69 Å². The third kappa shape index (κ3) is 2.53. The smallest absolute Gasteiger partial charge is 0.347 e. The lowest BCUT2D eigenvalue weighted by atomic mass is 10.0. The average molecular weight is 344 g/mol. The molecule has 2 atom stereocenters. The molecule has 0 radical (unpaired) electrons. The van der Waals surface area contributed by atoms with Crippen molar-refractivity contribution >= 4 is 23.4 Å². The van der Waals surface area contributed by atoms with Crippen molar-refractivity contribution in [1.82, 2.24) is 10.6 Å². The number of hydrogen-bond donors (Lipinski definition) is 2. The molecule has 0 saturated carbocycles. The van der Waals surface area contributed by atoms with Gasteiger partial charge in [0.15, 0.2) is 6.04 Å². The van der Waals surface area contributed by atoms with E-state index < -0.39 is 28.4 Å². The molecule has 3 aliphatic rings. The Morgan fingerprint density at radius 1 is 1.16 bits per heavy atom. The largest absolute Gasteiger partial charge is 0.624 e. The second kappa shape index (κ2) is 5.91. The van der Waals surface area contributed by atoms with E-state index in [2.05, 4.69) is 15.5 Å². The standard InChI is InChI=1S/C17H20N4O4/c22-15-5-4-14(16(23)19-15)21(25)10-12-11(17(21)24)2-1-3-13(12)20-8-6-18-7-9-20/h1-3,14,18H,4-10H2,(H,19,22,23). The van der Waals surface area contributed by atoms with Gasteiger partial charge in [0.05, 0.1) is 5.56 Å². The Hall–Kier alpha value is -2.29. The van der Waals surface area contributed by atoms with Crippen molar-refractivity contribution < 1.29 is 19.0 Å². The second-order valence-corrected chi connectivity index (χ2v) is 6.77. The fourth-order valence-electron chi connectivity index (χ4n) is 3.99. The molecule has 3 amide bonds. The number of quaternary nitrogens is 1. The molecular formula is C17H20N4O4. The third-order valence-electron chi connectivity index (χ3n) is 5.29. The maximum absolute atomic E-state index is 13.4. The first-order valence-corrected chi connectivity index (χ1v) is 8.55. The van der Waals surface area contributed by atoms with Crippen molar-refractivity contribution in [3.8, 4) is 0 Å². The van der Waals surface area contributed by atoms with Gasteiger partial charge < -0.3 is 15.4 Å². The summed E-state index contributed by atoms with van der Waals surface area (Å²) < 4.78 is -1.22. The quantitative estimate of drug-likeness (QED) is 0.440. The van der Waals surface area contributed by atoms with Gasteiger partial charge in [0.25, 0.3) is 5.91 Å². The molecule has 132 valence electrons. The Bertz CT molecular complexity index is 759. The van der Waals surface area contributed by atoms with Gasteiger partial charge in [0, 0.05) is 50.3 Å². The molecule has 25 heavy (non-hydrogen) atoms.